The largest absolute Gasteiger partial charge is 0.379 e. The molecule has 1 aliphatic rings. The van der Waals surface area contributed by atoms with E-state index in [1.54, 1.807) is 6.26 Å². The Kier molecular flexibility index (Phi) is 6.33. The molecular formula is C13H23N5O2. The van der Waals surface area contributed by atoms with E-state index in [-0.39, 0.29) is 0 Å². The van der Waals surface area contributed by atoms with E-state index in [0.717, 1.165) is 57.6 Å². The van der Waals surface area contributed by atoms with Crippen molar-refractivity contribution in [2.45, 2.75) is 13.5 Å². The van der Waals surface area contributed by atoms with Crippen molar-refractivity contribution in [2.75, 3.05) is 45.9 Å². The molecule has 0 bridgehead atoms. The first-order valence-electron chi connectivity index (χ1n) is 7.10. The van der Waals surface area contributed by atoms with E-state index in [4.69, 9.17) is 9.26 Å². The third-order valence-corrected chi connectivity index (χ3v) is 3.06. The molecule has 0 saturated carbocycles. The van der Waals surface area contributed by atoms with Gasteiger partial charge in [-0.3, -0.25) is 4.90 Å². The fourth-order valence-corrected chi connectivity index (χ4v) is 1.98. The van der Waals surface area contributed by atoms with Crippen LogP contribution >= 0.6 is 0 Å². The smallest absolute Gasteiger partial charge is 0.191 e. The molecule has 0 unspecified atom stereocenters. The van der Waals surface area contributed by atoms with Crippen LogP contribution in [0.2, 0.25) is 0 Å². The van der Waals surface area contributed by atoms with Gasteiger partial charge >= 0.3 is 0 Å². The van der Waals surface area contributed by atoms with Gasteiger partial charge < -0.3 is 19.9 Å². The van der Waals surface area contributed by atoms with Crippen molar-refractivity contribution in [3.63, 3.8) is 0 Å². The summed E-state index contributed by atoms with van der Waals surface area (Å²) in [6, 6.07) is 1.82. The van der Waals surface area contributed by atoms with Crippen molar-refractivity contribution >= 4 is 5.96 Å². The molecule has 2 rings (SSSR count). The van der Waals surface area contributed by atoms with E-state index in [0.29, 0.717) is 6.54 Å². The number of hydrogen-bond acceptors (Lipinski definition) is 5. The lowest BCUT2D eigenvalue weighted by molar-refractivity contribution is 0.0389. The molecule has 0 spiro atoms. The number of rotatable bonds is 6. The lowest BCUT2D eigenvalue weighted by atomic mass is 10.4. The molecule has 20 heavy (non-hydrogen) atoms. The van der Waals surface area contributed by atoms with Gasteiger partial charge in [-0.2, -0.15) is 0 Å². The van der Waals surface area contributed by atoms with Crippen molar-refractivity contribution in [1.82, 2.24) is 20.7 Å². The van der Waals surface area contributed by atoms with Gasteiger partial charge in [-0.05, 0) is 6.92 Å². The Hall–Kier alpha value is -1.60. The Labute approximate surface area is 119 Å². The minimum absolute atomic E-state index is 0.517. The predicted octanol–water partition coefficient (Wildman–Crippen LogP) is 0.0619. The minimum atomic E-state index is 0.517. The zero-order valence-electron chi connectivity index (χ0n) is 12.0. The van der Waals surface area contributed by atoms with E-state index in [1.165, 1.54) is 0 Å². The van der Waals surface area contributed by atoms with Crippen LogP contribution in [0.5, 0.6) is 0 Å². The molecule has 1 aromatic heterocycles. The van der Waals surface area contributed by atoms with Crippen LogP contribution in [0.15, 0.2) is 21.8 Å². The molecule has 2 N–H and O–H groups in total. The van der Waals surface area contributed by atoms with Crippen LogP contribution in [0.4, 0.5) is 0 Å². The fourth-order valence-electron chi connectivity index (χ4n) is 1.98. The average molecular weight is 281 g/mol. The molecule has 0 atom stereocenters. The number of nitrogens with one attached hydrogen (secondary N) is 2. The Bertz CT molecular complexity index is 387. The lowest BCUT2D eigenvalue weighted by Gasteiger charge is -2.26. The summed E-state index contributed by atoms with van der Waals surface area (Å²) >= 11 is 0. The SMILES string of the molecule is CCNC(=NCc1ccon1)NCCN1CCOCC1. The third kappa shape index (κ3) is 5.18. The number of aromatic nitrogens is 1. The maximum atomic E-state index is 5.33. The van der Waals surface area contributed by atoms with Crippen LogP contribution in [0, 0.1) is 0 Å². The van der Waals surface area contributed by atoms with Crippen LogP contribution in [-0.4, -0.2) is 62.0 Å². The zero-order chi connectivity index (χ0) is 14.0. The highest BCUT2D eigenvalue weighted by molar-refractivity contribution is 5.79. The number of morpholine rings is 1. The molecule has 1 fully saturated rings. The third-order valence-electron chi connectivity index (χ3n) is 3.06. The normalized spacial score (nSPS) is 17.1. The predicted molar refractivity (Wildman–Crippen MR) is 76.6 cm³/mol. The second-order valence-corrected chi connectivity index (χ2v) is 4.57. The molecule has 7 nitrogen and oxygen atoms in total. The van der Waals surface area contributed by atoms with Gasteiger partial charge in [0.05, 0.1) is 19.8 Å². The summed E-state index contributed by atoms with van der Waals surface area (Å²) in [6.07, 6.45) is 1.56. The number of hydrogen-bond donors (Lipinski definition) is 2. The molecule has 0 amide bonds. The summed E-state index contributed by atoms with van der Waals surface area (Å²) < 4.78 is 10.1. The van der Waals surface area contributed by atoms with Crippen molar-refractivity contribution in [3.05, 3.63) is 18.0 Å². The van der Waals surface area contributed by atoms with Gasteiger partial charge in [0.25, 0.3) is 0 Å². The molecule has 2 heterocycles. The zero-order valence-corrected chi connectivity index (χ0v) is 12.0. The van der Waals surface area contributed by atoms with Crippen molar-refractivity contribution in [2.24, 2.45) is 4.99 Å². The average Bonchev–Trinajstić information content (AvgIpc) is 2.99. The monoisotopic (exact) mass is 281 g/mol. The Morgan fingerprint density at radius 2 is 2.25 bits per heavy atom. The maximum Gasteiger partial charge on any atom is 0.191 e. The van der Waals surface area contributed by atoms with E-state index in [9.17, 15) is 0 Å². The van der Waals surface area contributed by atoms with Crippen molar-refractivity contribution in [1.29, 1.82) is 0 Å². The first-order valence-corrected chi connectivity index (χ1v) is 7.10. The van der Waals surface area contributed by atoms with Gasteiger partial charge in [-0.25, -0.2) is 4.99 Å². The molecule has 1 aliphatic heterocycles. The Balaban J connectivity index is 1.72. The number of guanidine groups is 1. The van der Waals surface area contributed by atoms with Gasteiger partial charge in [0.15, 0.2) is 5.96 Å². The topological polar surface area (TPSA) is 74.9 Å². The van der Waals surface area contributed by atoms with E-state index in [2.05, 4.69) is 32.6 Å². The maximum absolute atomic E-state index is 5.33. The molecular weight excluding hydrogens is 258 g/mol. The molecule has 112 valence electrons. The van der Waals surface area contributed by atoms with Crippen LogP contribution in [0.3, 0.4) is 0 Å². The summed E-state index contributed by atoms with van der Waals surface area (Å²) in [5, 5.41) is 10.4. The van der Waals surface area contributed by atoms with Gasteiger partial charge in [0.1, 0.15) is 12.0 Å². The summed E-state index contributed by atoms with van der Waals surface area (Å²) in [7, 11) is 0. The molecule has 1 aromatic rings. The standard InChI is InChI=1S/C13H23N5O2/c1-2-14-13(16-11-12-3-8-20-17-12)15-4-5-18-6-9-19-10-7-18/h3,8H,2,4-7,9-11H2,1H3,(H2,14,15,16). The second kappa shape index (κ2) is 8.55. The second-order valence-electron chi connectivity index (χ2n) is 4.57. The van der Waals surface area contributed by atoms with Gasteiger partial charge in [0.2, 0.25) is 0 Å². The summed E-state index contributed by atoms with van der Waals surface area (Å²) in [5.41, 5.74) is 0.829. The summed E-state index contributed by atoms with van der Waals surface area (Å²) in [4.78, 5) is 6.85. The van der Waals surface area contributed by atoms with Crippen LogP contribution in [-0.2, 0) is 11.3 Å². The Morgan fingerprint density at radius 3 is 2.95 bits per heavy atom. The fraction of sp³-hybridized carbons (Fsp3) is 0.692. The van der Waals surface area contributed by atoms with Gasteiger partial charge in [-0.1, -0.05) is 5.16 Å². The molecule has 1 saturated heterocycles. The number of aliphatic imine (C=N–C) groups is 1. The van der Waals surface area contributed by atoms with E-state index < -0.39 is 0 Å². The van der Waals surface area contributed by atoms with E-state index >= 15 is 0 Å². The summed E-state index contributed by atoms with van der Waals surface area (Å²) in [5.74, 6) is 0.809. The first kappa shape index (κ1) is 14.8. The molecule has 7 heteroatoms. The number of ether oxygens (including phenoxy) is 1. The van der Waals surface area contributed by atoms with Crippen LogP contribution in [0.1, 0.15) is 12.6 Å². The number of nitrogens with zero attached hydrogens (tertiary/aromatic N) is 3. The minimum Gasteiger partial charge on any atom is -0.379 e. The molecule has 0 aromatic carbocycles. The summed E-state index contributed by atoms with van der Waals surface area (Å²) in [6.45, 7) is 8.95. The van der Waals surface area contributed by atoms with Crippen molar-refractivity contribution in [3.8, 4) is 0 Å². The van der Waals surface area contributed by atoms with E-state index in [1.807, 2.05) is 6.07 Å². The highest BCUT2D eigenvalue weighted by Crippen LogP contribution is 1.97. The molecule has 0 radical (unpaired) electrons. The highest BCUT2D eigenvalue weighted by Gasteiger charge is 2.09. The lowest BCUT2D eigenvalue weighted by Crippen LogP contribution is -2.44. The Morgan fingerprint density at radius 1 is 1.40 bits per heavy atom. The first-order chi connectivity index (χ1) is 9.88. The highest BCUT2D eigenvalue weighted by atomic mass is 16.5. The van der Waals surface area contributed by atoms with Gasteiger partial charge in [0, 0.05) is 38.8 Å². The van der Waals surface area contributed by atoms with Crippen LogP contribution < -0.4 is 10.6 Å². The molecule has 0 aliphatic carbocycles. The van der Waals surface area contributed by atoms with Gasteiger partial charge in [-0.15, -0.1) is 0 Å². The van der Waals surface area contributed by atoms with Crippen molar-refractivity contribution < 1.29 is 9.26 Å². The quantitative estimate of drug-likeness (QED) is 0.567. The van der Waals surface area contributed by atoms with Crippen LogP contribution in [0.25, 0.3) is 0 Å².